The zero-order valence-corrected chi connectivity index (χ0v) is 16.7. The molecule has 148 valence electrons. The summed E-state index contributed by atoms with van der Waals surface area (Å²) >= 11 is 0. The zero-order chi connectivity index (χ0) is 18.9. The number of nitrogens with zero attached hydrogens (tertiary/aromatic N) is 1. The molecule has 2 N–H and O–H groups in total. The summed E-state index contributed by atoms with van der Waals surface area (Å²) in [6.07, 6.45) is 7.61. The minimum atomic E-state index is 0.405. The molecule has 1 heterocycles. The minimum Gasteiger partial charge on any atom is -0.508 e. The van der Waals surface area contributed by atoms with Crippen molar-refractivity contribution >= 4 is 0 Å². The Kier molecular flexibility index (Phi) is 5.13. The van der Waals surface area contributed by atoms with Crippen molar-refractivity contribution in [2.45, 2.75) is 57.2 Å². The molecule has 2 aliphatic carbocycles. The van der Waals surface area contributed by atoms with Gasteiger partial charge in [-0.25, -0.2) is 0 Å². The van der Waals surface area contributed by atoms with E-state index in [-0.39, 0.29) is 0 Å². The van der Waals surface area contributed by atoms with Crippen molar-refractivity contribution in [1.29, 1.82) is 0 Å². The Morgan fingerprint density at radius 1 is 0.964 bits per heavy atom. The lowest BCUT2D eigenvalue weighted by Crippen LogP contribution is -2.44. The Morgan fingerprint density at radius 2 is 1.86 bits per heavy atom. The van der Waals surface area contributed by atoms with Crippen LogP contribution in [0.2, 0.25) is 0 Å². The first-order valence-electron chi connectivity index (χ1n) is 11.1. The van der Waals surface area contributed by atoms with E-state index in [1.165, 1.54) is 61.9 Å². The number of fused-ring (bicyclic) bond motifs is 2. The number of nitrogens with one attached hydrogen (secondary N) is 1. The predicted molar refractivity (Wildman–Crippen MR) is 113 cm³/mol. The van der Waals surface area contributed by atoms with Crippen LogP contribution in [0.25, 0.3) is 0 Å². The van der Waals surface area contributed by atoms with Gasteiger partial charge in [-0.3, -0.25) is 4.90 Å². The summed E-state index contributed by atoms with van der Waals surface area (Å²) in [5.74, 6) is 2.01. The lowest BCUT2D eigenvalue weighted by Gasteiger charge is -2.38. The van der Waals surface area contributed by atoms with Gasteiger partial charge in [-0.2, -0.15) is 0 Å². The molecular weight excluding hydrogens is 344 g/mol. The molecule has 0 spiro atoms. The molecule has 3 nitrogen and oxygen atoms in total. The van der Waals surface area contributed by atoms with Crippen molar-refractivity contribution in [1.82, 2.24) is 10.2 Å². The first-order valence-corrected chi connectivity index (χ1v) is 11.1. The predicted octanol–water partition coefficient (Wildman–Crippen LogP) is 4.66. The average Bonchev–Trinajstić information content (AvgIpc) is 3.13. The molecule has 2 aromatic rings. The number of phenolic OH excluding ortho intramolecular Hbond substituents is 1. The molecule has 28 heavy (non-hydrogen) atoms. The largest absolute Gasteiger partial charge is 0.508 e. The number of aryl methyl sites for hydroxylation is 1. The van der Waals surface area contributed by atoms with Crippen LogP contribution in [-0.2, 0) is 13.0 Å². The van der Waals surface area contributed by atoms with Gasteiger partial charge in [0, 0.05) is 31.7 Å². The van der Waals surface area contributed by atoms with Crippen LogP contribution in [0.15, 0.2) is 48.5 Å². The molecular formula is C25H32N2O. The van der Waals surface area contributed by atoms with Crippen LogP contribution in [0.4, 0.5) is 0 Å². The van der Waals surface area contributed by atoms with Crippen molar-refractivity contribution < 1.29 is 5.11 Å². The molecule has 1 saturated heterocycles. The van der Waals surface area contributed by atoms with E-state index >= 15 is 0 Å². The van der Waals surface area contributed by atoms with E-state index in [0.29, 0.717) is 17.8 Å². The molecule has 4 unspecified atom stereocenters. The normalized spacial score (nSPS) is 30.0. The topological polar surface area (TPSA) is 35.5 Å². The molecule has 1 aliphatic heterocycles. The first kappa shape index (κ1) is 18.2. The van der Waals surface area contributed by atoms with E-state index in [4.69, 9.17) is 0 Å². The van der Waals surface area contributed by atoms with Gasteiger partial charge in [0.1, 0.15) is 5.75 Å². The molecule has 0 bridgehead atoms. The fraction of sp³-hybridized carbons (Fsp3) is 0.520. The third kappa shape index (κ3) is 3.70. The lowest BCUT2D eigenvalue weighted by molar-refractivity contribution is 0.202. The van der Waals surface area contributed by atoms with Crippen molar-refractivity contribution in [3.63, 3.8) is 0 Å². The number of rotatable bonds is 4. The van der Waals surface area contributed by atoms with Crippen molar-refractivity contribution in [2.75, 3.05) is 13.1 Å². The highest BCUT2D eigenvalue weighted by molar-refractivity contribution is 5.38. The van der Waals surface area contributed by atoms with E-state index in [2.05, 4.69) is 46.6 Å². The third-order valence-electron chi connectivity index (χ3n) is 7.28. The average molecular weight is 377 g/mol. The highest BCUT2D eigenvalue weighted by atomic mass is 16.3. The number of hydrogen-bond donors (Lipinski definition) is 2. The summed E-state index contributed by atoms with van der Waals surface area (Å²) in [5, 5.41) is 14.1. The van der Waals surface area contributed by atoms with Gasteiger partial charge in [0.2, 0.25) is 0 Å². The smallest absolute Gasteiger partial charge is 0.115 e. The van der Waals surface area contributed by atoms with Crippen LogP contribution in [0.5, 0.6) is 5.75 Å². The summed E-state index contributed by atoms with van der Waals surface area (Å²) in [6, 6.07) is 17.9. The highest BCUT2D eigenvalue weighted by Gasteiger charge is 2.41. The van der Waals surface area contributed by atoms with Crippen molar-refractivity contribution in [3.05, 3.63) is 65.2 Å². The molecule has 5 rings (SSSR count). The number of aromatic hydroxyl groups is 1. The maximum atomic E-state index is 10.0. The fourth-order valence-electron chi connectivity index (χ4n) is 5.96. The van der Waals surface area contributed by atoms with Crippen LogP contribution in [0, 0.1) is 11.8 Å². The Hall–Kier alpha value is -1.84. The molecule has 2 aromatic carbocycles. The van der Waals surface area contributed by atoms with Crippen LogP contribution >= 0.6 is 0 Å². The molecule has 1 saturated carbocycles. The van der Waals surface area contributed by atoms with E-state index in [9.17, 15) is 5.11 Å². The van der Waals surface area contributed by atoms with Gasteiger partial charge >= 0.3 is 0 Å². The molecule has 3 heteroatoms. The number of phenols is 1. The fourth-order valence-corrected chi connectivity index (χ4v) is 5.96. The van der Waals surface area contributed by atoms with Crippen LogP contribution in [0.3, 0.4) is 0 Å². The summed E-state index contributed by atoms with van der Waals surface area (Å²) < 4.78 is 0. The summed E-state index contributed by atoms with van der Waals surface area (Å²) in [5.41, 5.74) is 4.20. The van der Waals surface area contributed by atoms with Gasteiger partial charge in [0.25, 0.3) is 0 Å². The maximum Gasteiger partial charge on any atom is 0.115 e. The lowest BCUT2D eigenvalue weighted by atomic mass is 9.77. The minimum absolute atomic E-state index is 0.405. The quantitative estimate of drug-likeness (QED) is 0.815. The standard InChI is InChI=1S/C25H32N2O/c28-21-13-12-19-8-4-10-24(22(19)14-21)26-25-11-5-9-20-16-27(17-23(20)25)15-18-6-2-1-3-7-18/h1-3,6-7,12-14,20,23-26,28H,4-5,8-11,15-17H2. The van der Waals surface area contributed by atoms with E-state index in [1.54, 1.807) is 0 Å². The molecule has 3 aliphatic rings. The third-order valence-corrected chi connectivity index (χ3v) is 7.28. The van der Waals surface area contributed by atoms with E-state index in [0.717, 1.165) is 24.8 Å². The van der Waals surface area contributed by atoms with E-state index in [1.807, 2.05) is 12.1 Å². The Bertz CT molecular complexity index is 805. The second kappa shape index (κ2) is 7.88. The molecule has 0 aromatic heterocycles. The van der Waals surface area contributed by atoms with E-state index < -0.39 is 0 Å². The monoisotopic (exact) mass is 376 g/mol. The van der Waals surface area contributed by atoms with Gasteiger partial charge in [-0.1, -0.05) is 42.8 Å². The van der Waals surface area contributed by atoms with Gasteiger partial charge < -0.3 is 10.4 Å². The second-order valence-corrected chi connectivity index (χ2v) is 9.14. The number of benzene rings is 2. The van der Waals surface area contributed by atoms with Crippen LogP contribution in [0.1, 0.15) is 54.8 Å². The van der Waals surface area contributed by atoms with Crippen LogP contribution < -0.4 is 5.32 Å². The Morgan fingerprint density at radius 3 is 2.75 bits per heavy atom. The first-order chi connectivity index (χ1) is 13.8. The number of hydrogen-bond acceptors (Lipinski definition) is 3. The Balaban J connectivity index is 1.28. The van der Waals surface area contributed by atoms with Gasteiger partial charge in [-0.15, -0.1) is 0 Å². The summed E-state index contributed by atoms with van der Waals surface area (Å²) in [6.45, 7) is 3.55. The second-order valence-electron chi connectivity index (χ2n) is 9.14. The number of likely N-dealkylation sites (tertiary alicyclic amines) is 1. The van der Waals surface area contributed by atoms with Crippen molar-refractivity contribution in [3.8, 4) is 5.75 Å². The molecule has 2 fully saturated rings. The van der Waals surface area contributed by atoms with Gasteiger partial charge in [0.05, 0.1) is 0 Å². The zero-order valence-electron chi connectivity index (χ0n) is 16.7. The molecule has 0 radical (unpaired) electrons. The maximum absolute atomic E-state index is 10.0. The molecule has 0 amide bonds. The van der Waals surface area contributed by atoms with Gasteiger partial charge in [-0.05, 0) is 72.8 Å². The van der Waals surface area contributed by atoms with Gasteiger partial charge in [0.15, 0.2) is 0 Å². The summed E-state index contributed by atoms with van der Waals surface area (Å²) in [7, 11) is 0. The Labute approximate surface area is 168 Å². The highest BCUT2D eigenvalue weighted by Crippen LogP contribution is 2.40. The SMILES string of the molecule is Oc1ccc2c(c1)C(NC1CCCC3CN(Cc4ccccc4)CC31)CCC2. The molecule has 4 atom stereocenters. The van der Waals surface area contributed by atoms with Crippen LogP contribution in [-0.4, -0.2) is 29.1 Å². The summed E-state index contributed by atoms with van der Waals surface area (Å²) in [4.78, 5) is 2.67. The van der Waals surface area contributed by atoms with Crippen molar-refractivity contribution in [2.24, 2.45) is 11.8 Å².